The molecule has 4 aromatic rings. The van der Waals surface area contributed by atoms with Gasteiger partial charge in [0.15, 0.2) is 5.78 Å². The van der Waals surface area contributed by atoms with Gasteiger partial charge in [-0.05, 0) is 29.8 Å². The number of carbonyl (C=O) groups is 1. The minimum absolute atomic E-state index is 0.153. The second kappa shape index (κ2) is 8.10. The summed E-state index contributed by atoms with van der Waals surface area (Å²) in [5.74, 6) is -0.389. The van der Waals surface area contributed by atoms with Gasteiger partial charge in [-0.1, -0.05) is 54.1 Å². The number of fused-ring (bicyclic) bond motifs is 1. The summed E-state index contributed by atoms with van der Waals surface area (Å²) >= 11 is 6.57. The molecular weight excluding hydrogens is 412 g/mol. The maximum atomic E-state index is 13.1. The maximum Gasteiger partial charge on any atom is 0.200 e. The predicted molar refractivity (Wildman–Crippen MR) is 123 cm³/mol. The van der Waals surface area contributed by atoms with E-state index in [0.29, 0.717) is 21.5 Å². The van der Waals surface area contributed by atoms with Gasteiger partial charge in [-0.3, -0.25) is 4.79 Å². The number of benzene rings is 3. The van der Waals surface area contributed by atoms with Crippen molar-refractivity contribution in [2.24, 2.45) is 0 Å². The first-order valence-electron chi connectivity index (χ1n) is 10.2. The molecule has 0 spiro atoms. The number of aromatic hydroxyl groups is 1. The van der Waals surface area contributed by atoms with Gasteiger partial charge in [0.1, 0.15) is 0 Å². The first-order chi connectivity index (χ1) is 15.1. The number of nitrogens with zero attached hydrogens (tertiary/aromatic N) is 1. The molecule has 0 unspecified atom stereocenters. The van der Waals surface area contributed by atoms with Gasteiger partial charge >= 0.3 is 0 Å². The lowest BCUT2D eigenvalue weighted by Gasteiger charge is -2.29. The van der Waals surface area contributed by atoms with Crippen LogP contribution >= 0.6 is 11.6 Å². The summed E-state index contributed by atoms with van der Waals surface area (Å²) in [4.78, 5) is 18.2. The minimum atomic E-state index is -0.236. The van der Waals surface area contributed by atoms with Gasteiger partial charge < -0.3 is 19.7 Å². The minimum Gasteiger partial charge on any atom is -0.494 e. The lowest BCUT2D eigenvalue weighted by atomic mass is 9.98. The van der Waals surface area contributed by atoms with Gasteiger partial charge in [0.2, 0.25) is 5.88 Å². The molecule has 156 valence electrons. The molecule has 1 aliphatic rings. The Labute approximate surface area is 184 Å². The van der Waals surface area contributed by atoms with Crippen LogP contribution < -0.4 is 4.90 Å². The molecule has 31 heavy (non-hydrogen) atoms. The van der Waals surface area contributed by atoms with E-state index in [0.717, 1.165) is 43.1 Å². The topological polar surface area (TPSA) is 65.6 Å². The Kier molecular flexibility index (Phi) is 5.14. The normalized spacial score (nSPS) is 14.2. The van der Waals surface area contributed by atoms with E-state index >= 15 is 0 Å². The van der Waals surface area contributed by atoms with Gasteiger partial charge in [0, 0.05) is 35.3 Å². The molecule has 6 heteroatoms. The number of aromatic amines is 1. The Balaban J connectivity index is 1.55. The van der Waals surface area contributed by atoms with E-state index in [2.05, 4.69) is 22.0 Å². The van der Waals surface area contributed by atoms with E-state index in [1.165, 1.54) is 0 Å². The highest BCUT2D eigenvalue weighted by molar-refractivity contribution is 6.34. The van der Waals surface area contributed by atoms with Gasteiger partial charge in [0.25, 0.3) is 0 Å². The summed E-state index contributed by atoms with van der Waals surface area (Å²) < 4.78 is 5.43. The predicted octanol–water partition coefficient (Wildman–Crippen LogP) is 5.26. The molecular formula is C25H21ClN2O3. The summed E-state index contributed by atoms with van der Waals surface area (Å²) in [5, 5.41) is 11.7. The second-order valence-corrected chi connectivity index (χ2v) is 7.97. The molecule has 1 aromatic heterocycles. The Morgan fingerprint density at radius 2 is 1.71 bits per heavy atom. The van der Waals surface area contributed by atoms with Crippen LogP contribution in [-0.2, 0) is 4.74 Å². The van der Waals surface area contributed by atoms with E-state index < -0.39 is 0 Å². The van der Waals surface area contributed by atoms with Crippen LogP contribution in [-0.4, -0.2) is 42.2 Å². The molecule has 0 atom stereocenters. The highest BCUT2D eigenvalue weighted by atomic mass is 35.5. The number of morpholine rings is 1. The van der Waals surface area contributed by atoms with Crippen molar-refractivity contribution in [1.82, 2.24) is 4.98 Å². The number of hydrogen-bond acceptors (Lipinski definition) is 4. The third-order valence-corrected chi connectivity index (χ3v) is 6.00. The fourth-order valence-electron chi connectivity index (χ4n) is 4.06. The van der Waals surface area contributed by atoms with E-state index in [4.69, 9.17) is 16.3 Å². The van der Waals surface area contributed by atoms with Gasteiger partial charge in [0.05, 0.1) is 29.3 Å². The number of hydrogen-bond donors (Lipinski definition) is 2. The van der Waals surface area contributed by atoms with Crippen molar-refractivity contribution in [2.75, 3.05) is 31.2 Å². The van der Waals surface area contributed by atoms with E-state index in [1.807, 2.05) is 24.3 Å². The quantitative estimate of drug-likeness (QED) is 0.431. The fraction of sp³-hybridized carbons (Fsp3) is 0.160. The third-order valence-electron chi connectivity index (χ3n) is 5.68. The monoisotopic (exact) mass is 432 g/mol. The Morgan fingerprint density at radius 1 is 1.00 bits per heavy atom. The smallest absolute Gasteiger partial charge is 0.200 e. The van der Waals surface area contributed by atoms with Crippen molar-refractivity contribution in [3.63, 3.8) is 0 Å². The highest BCUT2D eigenvalue weighted by Gasteiger charge is 2.21. The molecule has 2 heterocycles. The zero-order valence-corrected chi connectivity index (χ0v) is 17.5. The summed E-state index contributed by atoms with van der Waals surface area (Å²) in [5.41, 5.74) is 4.29. The molecule has 0 aliphatic carbocycles. The van der Waals surface area contributed by atoms with E-state index in [9.17, 15) is 9.90 Å². The van der Waals surface area contributed by atoms with Crippen molar-refractivity contribution >= 4 is 34.0 Å². The molecule has 0 saturated carbocycles. The zero-order chi connectivity index (χ0) is 21.4. The second-order valence-electron chi connectivity index (χ2n) is 7.57. The molecule has 1 fully saturated rings. The molecule has 2 N–H and O–H groups in total. The number of halogens is 1. The average molecular weight is 433 g/mol. The van der Waals surface area contributed by atoms with Crippen LogP contribution in [0.15, 0.2) is 66.7 Å². The molecule has 5 nitrogen and oxygen atoms in total. The Bertz CT molecular complexity index is 1240. The van der Waals surface area contributed by atoms with Crippen LogP contribution in [0.3, 0.4) is 0 Å². The van der Waals surface area contributed by atoms with Crippen LogP contribution in [0.4, 0.5) is 5.69 Å². The molecule has 0 amide bonds. The molecule has 0 bridgehead atoms. The molecule has 1 saturated heterocycles. The van der Waals surface area contributed by atoms with Crippen molar-refractivity contribution < 1.29 is 14.6 Å². The number of ether oxygens (including phenoxy) is 1. The fourth-order valence-corrected chi connectivity index (χ4v) is 4.33. The van der Waals surface area contributed by atoms with Gasteiger partial charge in [-0.25, -0.2) is 0 Å². The lowest BCUT2D eigenvalue weighted by molar-refractivity contribution is 0.103. The maximum absolute atomic E-state index is 13.1. The van der Waals surface area contributed by atoms with E-state index in [1.54, 1.807) is 30.3 Å². The lowest BCUT2D eigenvalue weighted by Crippen LogP contribution is -2.36. The largest absolute Gasteiger partial charge is 0.494 e. The first-order valence-corrected chi connectivity index (χ1v) is 10.6. The summed E-state index contributed by atoms with van der Waals surface area (Å²) in [6.07, 6.45) is 0. The van der Waals surface area contributed by atoms with Crippen molar-refractivity contribution in [1.29, 1.82) is 0 Å². The average Bonchev–Trinajstić information content (AvgIpc) is 3.13. The number of nitrogens with one attached hydrogen (secondary N) is 1. The Morgan fingerprint density at radius 3 is 2.42 bits per heavy atom. The SMILES string of the molecule is O=C(c1ccccc1)c1c(O)[nH]c2cc(Cl)c(-c3ccc(N4CCOCC4)cc3)cc12. The number of anilines is 1. The molecule has 1 aliphatic heterocycles. The number of rotatable bonds is 4. The van der Waals surface area contributed by atoms with Crippen LogP contribution in [0.2, 0.25) is 5.02 Å². The van der Waals surface area contributed by atoms with Crippen molar-refractivity contribution in [2.45, 2.75) is 0 Å². The van der Waals surface area contributed by atoms with Crippen molar-refractivity contribution in [3.8, 4) is 17.0 Å². The van der Waals surface area contributed by atoms with Crippen LogP contribution in [0.1, 0.15) is 15.9 Å². The number of ketones is 1. The van der Waals surface area contributed by atoms with Gasteiger partial charge in [-0.15, -0.1) is 0 Å². The highest BCUT2D eigenvalue weighted by Crippen LogP contribution is 2.37. The zero-order valence-electron chi connectivity index (χ0n) is 16.8. The summed E-state index contributed by atoms with van der Waals surface area (Å²) in [6, 6.07) is 20.8. The number of H-pyrrole nitrogens is 1. The summed E-state index contributed by atoms with van der Waals surface area (Å²) in [6.45, 7) is 3.22. The van der Waals surface area contributed by atoms with Gasteiger partial charge in [-0.2, -0.15) is 0 Å². The van der Waals surface area contributed by atoms with E-state index in [-0.39, 0.29) is 17.2 Å². The van der Waals surface area contributed by atoms with Crippen molar-refractivity contribution in [3.05, 3.63) is 82.9 Å². The Hall–Kier alpha value is -3.28. The van der Waals surface area contributed by atoms with Crippen LogP contribution in [0, 0.1) is 0 Å². The standard InChI is InChI=1S/C25H21ClN2O3/c26-21-15-22-20(23(25(30)27-22)24(29)17-4-2-1-3-5-17)14-19(21)16-6-8-18(9-7-16)28-10-12-31-13-11-28/h1-9,14-15,27,30H,10-13H2. The molecule has 3 aromatic carbocycles. The number of carbonyl (C=O) groups excluding carboxylic acids is 1. The molecule has 5 rings (SSSR count). The number of aromatic nitrogens is 1. The molecule has 0 radical (unpaired) electrons. The summed E-state index contributed by atoms with van der Waals surface area (Å²) in [7, 11) is 0. The third kappa shape index (κ3) is 3.67. The van der Waals surface area contributed by atoms with Crippen LogP contribution in [0.5, 0.6) is 5.88 Å². The van der Waals surface area contributed by atoms with Crippen LogP contribution in [0.25, 0.3) is 22.0 Å². The first kappa shape index (κ1) is 19.7.